The van der Waals surface area contributed by atoms with E-state index >= 15 is 0 Å². The minimum atomic E-state index is -0.225. The third-order valence-electron chi connectivity index (χ3n) is 3.75. The minimum absolute atomic E-state index is 0.225. The van der Waals surface area contributed by atoms with E-state index in [2.05, 4.69) is 5.32 Å². The SMILES string of the molecule is O=C1CCN(c2cc(N3C=CCNC3)ccc2F)CC1. The highest BCUT2D eigenvalue weighted by Crippen LogP contribution is 2.28. The van der Waals surface area contributed by atoms with Crippen molar-refractivity contribution in [3.05, 3.63) is 36.3 Å². The second-order valence-corrected chi connectivity index (χ2v) is 5.13. The van der Waals surface area contributed by atoms with Gasteiger partial charge in [0.25, 0.3) is 0 Å². The molecule has 0 aliphatic carbocycles. The molecule has 5 heteroatoms. The summed E-state index contributed by atoms with van der Waals surface area (Å²) >= 11 is 0. The van der Waals surface area contributed by atoms with Gasteiger partial charge < -0.3 is 9.80 Å². The zero-order valence-corrected chi connectivity index (χ0v) is 11.3. The van der Waals surface area contributed by atoms with Crippen molar-refractivity contribution in [3.63, 3.8) is 0 Å². The lowest BCUT2D eigenvalue weighted by molar-refractivity contribution is -0.119. The summed E-state index contributed by atoms with van der Waals surface area (Å²) in [6.07, 6.45) is 5.06. The molecule has 0 bridgehead atoms. The van der Waals surface area contributed by atoms with Gasteiger partial charge in [-0.3, -0.25) is 10.1 Å². The maximum absolute atomic E-state index is 14.0. The van der Waals surface area contributed by atoms with E-state index in [4.69, 9.17) is 0 Å². The van der Waals surface area contributed by atoms with Crippen LogP contribution in [-0.4, -0.2) is 32.1 Å². The number of nitrogens with one attached hydrogen (secondary N) is 1. The second-order valence-electron chi connectivity index (χ2n) is 5.13. The fourth-order valence-corrected chi connectivity index (χ4v) is 2.60. The van der Waals surface area contributed by atoms with E-state index < -0.39 is 0 Å². The van der Waals surface area contributed by atoms with E-state index in [0.717, 1.165) is 18.9 Å². The monoisotopic (exact) mass is 275 g/mol. The number of nitrogens with zero attached hydrogens (tertiary/aromatic N) is 2. The molecular weight excluding hydrogens is 257 g/mol. The van der Waals surface area contributed by atoms with Crippen LogP contribution < -0.4 is 15.1 Å². The highest BCUT2D eigenvalue weighted by molar-refractivity contribution is 5.81. The van der Waals surface area contributed by atoms with Gasteiger partial charge in [-0.2, -0.15) is 0 Å². The van der Waals surface area contributed by atoms with Crippen LogP contribution in [0.15, 0.2) is 30.5 Å². The van der Waals surface area contributed by atoms with Crippen molar-refractivity contribution >= 4 is 17.2 Å². The molecule has 0 aromatic heterocycles. The van der Waals surface area contributed by atoms with Crippen LogP contribution in [0, 0.1) is 5.82 Å². The number of halogens is 1. The molecule has 0 saturated carbocycles. The number of hydrogen-bond acceptors (Lipinski definition) is 4. The van der Waals surface area contributed by atoms with Gasteiger partial charge in [-0.15, -0.1) is 0 Å². The van der Waals surface area contributed by atoms with Crippen LogP contribution in [0.3, 0.4) is 0 Å². The molecule has 106 valence electrons. The first-order chi connectivity index (χ1) is 9.74. The number of carbonyl (C=O) groups excluding carboxylic acids is 1. The van der Waals surface area contributed by atoms with Gasteiger partial charge in [-0.1, -0.05) is 6.08 Å². The van der Waals surface area contributed by atoms with Gasteiger partial charge >= 0.3 is 0 Å². The fourth-order valence-electron chi connectivity index (χ4n) is 2.60. The van der Waals surface area contributed by atoms with E-state index in [1.54, 1.807) is 6.07 Å². The van der Waals surface area contributed by atoms with Crippen molar-refractivity contribution in [1.29, 1.82) is 0 Å². The zero-order valence-electron chi connectivity index (χ0n) is 11.3. The number of anilines is 2. The molecular formula is C15H18FN3O. The number of Topliss-reactive ketones (excluding diaryl/α,β-unsaturated/α-hetero) is 1. The molecule has 1 fully saturated rings. The number of ketones is 1. The van der Waals surface area contributed by atoms with E-state index in [1.165, 1.54) is 6.07 Å². The van der Waals surface area contributed by atoms with Crippen LogP contribution in [0.2, 0.25) is 0 Å². The molecule has 0 unspecified atom stereocenters. The Bertz CT molecular complexity index is 534. The number of carbonyl (C=O) groups is 1. The molecule has 1 aromatic carbocycles. The first-order valence-electron chi connectivity index (χ1n) is 6.94. The number of rotatable bonds is 2. The Balaban J connectivity index is 1.84. The van der Waals surface area contributed by atoms with Crippen molar-refractivity contribution < 1.29 is 9.18 Å². The summed E-state index contributed by atoms with van der Waals surface area (Å²) in [6.45, 7) is 2.79. The van der Waals surface area contributed by atoms with Crippen molar-refractivity contribution in [3.8, 4) is 0 Å². The van der Waals surface area contributed by atoms with E-state index in [0.29, 0.717) is 31.6 Å². The molecule has 0 spiro atoms. The van der Waals surface area contributed by atoms with Gasteiger partial charge in [0.05, 0.1) is 12.4 Å². The molecule has 0 atom stereocenters. The van der Waals surface area contributed by atoms with Gasteiger partial charge in [-0.25, -0.2) is 4.39 Å². The van der Waals surface area contributed by atoms with Crippen LogP contribution in [0.1, 0.15) is 12.8 Å². The summed E-state index contributed by atoms with van der Waals surface area (Å²) in [5, 5.41) is 3.24. The molecule has 2 aliphatic rings. The highest BCUT2D eigenvalue weighted by atomic mass is 19.1. The topological polar surface area (TPSA) is 35.6 Å². The maximum Gasteiger partial charge on any atom is 0.146 e. The van der Waals surface area contributed by atoms with Gasteiger partial charge in [0, 0.05) is 44.4 Å². The minimum Gasteiger partial charge on any atom is -0.368 e. The van der Waals surface area contributed by atoms with Crippen molar-refractivity contribution in [2.75, 3.05) is 36.1 Å². The molecule has 1 saturated heterocycles. The lowest BCUT2D eigenvalue weighted by Gasteiger charge is -2.30. The quantitative estimate of drug-likeness (QED) is 0.894. The molecule has 20 heavy (non-hydrogen) atoms. The van der Waals surface area contributed by atoms with Crippen LogP contribution in [-0.2, 0) is 4.79 Å². The third-order valence-corrected chi connectivity index (χ3v) is 3.75. The number of hydrogen-bond donors (Lipinski definition) is 1. The van der Waals surface area contributed by atoms with E-state index in [-0.39, 0.29) is 11.6 Å². The van der Waals surface area contributed by atoms with Gasteiger partial charge in [0.15, 0.2) is 0 Å². The Morgan fingerprint density at radius 3 is 2.70 bits per heavy atom. The van der Waals surface area contributed by atoms with Crippen LogP contribution in [0.25, 0.3) is 0 Å². The molecule has 2 heterocycles. The average Bonchev–Trinajstić information content (AvgIpc) is 2.50. The van der Waals surface area contributed by atoms with Gasteiger partial charge in [-0.05, 0) is 18.2 Å². The number of piperidine rings is 1. The Morgan fingerprint density at radius 1 is 1.20 bits per heavy atom. The molecule has 1 N–H and O–H groups in total. The predicted molar refractivity (Wildman–Crippen MR) is 77.3 cm³/mol. The van der Waals surface area contributed by atoms with Gasteiger partial charge in [0.2, 0.25) is 0 Å². The average molecular weight is 275 g/mol. The molecule has 0 radical (unpaired) electrons. The van der Waals surface area contributed by atoms with Crippen LogP contribution in [0.4, 0.5) is 15.8 Å². The van der Waals surface area contributed by atoms with Crippen molar-refractivity contribution in [2.45, 2.75) is 12.8 Å². The van der Waals surface area contributed by atoms with Crippen molar-refractivity contribution in [1.82, 2.24) is 5.32 Å². The highest BCUT2D eigenvalue weighted by Gasteiger charge is 2.20. The summed E-state index contributed by atoms with van der Waals surface area (Å²) in [5.74, 6) is 0.0398. The third kappa shape index (κ3) is 2.67. The lowest BCUT2D eigenvalue weighted by Crippen LogP contribution is -2.35. The molecule has 4 nitrogen and oxygen atoms in total. The Labute approximate surface area is 117 Å². The van der Waals surface area contributed by atoms with Crippen molar-refractivity contribution in [2.24, 2.45) is 0 Å². The smallest absolute Gasteiger partial charge is 0.146 e. The summed E-state index contributed by atoms with van der Waals surface area (Å²) in [5.41, 5.74) is 1.55. The summed E-state index contributed by atoms with van der Waals surface area (Å²) in [7, 11) is 0. The standard InChI is InChI=1S/C15H18FN3O/c16-14-3-2-12(19-7-1-6-17-11-19)10-15(14)18-8-4-13(20)5-9-18/h1-3,7,10,17H,4-6,8-9,11H2. The Kier molecular flexibility index (Phi) is 3.69. The van der Waals surface area contributed by atoms with E-state index in [9.17, 15) is 9.18 Å². The maximum atomic E-state index is 14.0. The summed E-state index contributed by atoms with van der Waals surface area (Å²) in [6, 6.07) is 5.15. The summed E-state index contributed by atoms with van der Waals surface area (Å²) < 4.78 is 14.0. The second kappa shape index (κ2) is 5.63. The largest absolute Gasteiger partial charge is 0.368 e. The first kappa shape index (κ1) is 13.1. The molecule has 0 amide bonds. The van der Waals surface area contributed by atoms with Gasteiger partial charge in [0.1, 0.15) is 11.6 Å². The Hall–Kier alpha value is -1.88. The Morgan fingerprint density at radius 2 is 2.00 bits per heavy atom. The molecule has 3 rings (SSSR count). The first-order valence-corrected chi connectivity index (χ1v) is 6.94. The van der Waals surface area contributed by atoms with Crippen LogP contribution in [0.5, 0.6) is 0 Å². The molecule has 2 aliphatic heterocycles. The zero-order chi connectivity index (χ0) is 13.9. The number of benzene rings is 1. The van der Waals surface area contributed by atoms with Crippen LogP contribution >= 0.6 is 0 Å². The van der Waals surface area contributed by atoms with E-state index in [1.807, 2.05) is 28.1 Å². The fraction of sp³-hybridized carbons (Fsp3) is 0.400. The summed E-state index contributed by atoms with van der Waals surface area (Å²) in [4.78, 5) is 15.3. The predicted octanol–water partition coefficient (Wildman–Crippen LogP) is 1.88. The molecule has 1 aromatic rings. The normalized spacial score (nSPS) is 19.6. The lowest BCUT2D eigenvalue weighted by atomic mass is 10.1.